The highest BCUT2D eigenvalue weighted by atomic mass is 19.2. The first-order valence-corrected chi connectivity index (χ1v) is 15.1. The van der Waals surface area contributed by atoms with Gasteiger partial charge in [0, 0.05) is 22.3 Å². The van der Waals surface area contributed by atoms with Gasteiger partial charge in [0.2, 0.25) is 0 Å². The Morgan fingerprint density at radius 2 is 0.732 bits per heavy atom. The van der Waals surface area contributed by atoms with Crippen molar-refractivity contribution in [2.45, 2.75) is 0 Å². The van der Waals surface area contributed by atoms with E-state index in [1.807, 2.05) is 0 Å². The van der Waals surface area contributed by atoms with Crippen LogP contribution in [-0.2, 0) is 0 Å². The first-order valence-electron chi connectivity index (χ1n) is 15.1. The number of nitrogens with zero attached hydrogens (tertiary/aromatic N) is 6. The van der Waals surface area contributed by atoms with Crippen molar-refractivity contribution in [3.63, 3.8) is 0 Å². The Balaban J connectivity index is 1.88. The quantitative estimate of drug-likeness (QED) is 0.115. The third kappa shape index (κ3) is 5.46. The number of halogens is 10. The lowest BCUT2D eigenvalue weighted by Crippen LogP contribution is -2.08. The molecule has 6 nitrogen and oxygen atoms in total. The van der Waals surface area contributed by atoms with Crippen LogP contribution < -0.4 is 0 Å². The van der Waals surface area contributed by atoms with Gasteiger partial charge in [0.05, 0.1) is 45.5 Å². The molecule has 0 bridgehead atoms. The van der Waals surface area contributed by atoms with E-state index in [9.17, 15) is 29.8 Å². The second kappa shape index (κ2) is 14.0. The molecule has 0 spiro atoms. The fourth-order valence-electron chi connectivity index (χ4n) is 6.32. The van der Waals surface area contributed by atoms with Crippen LogP contribution in [0.25, 0.3) is 22.3 Å². The van der Waals surface area contributed by atoms with Crippen molar-refractivity contribution in [3.05, 3.63) is 174 Å². The van der Waals surface area contributed by atoms with Crippen LogP contribution in [-0.4, -0.2) is 0 Å². The molecule has 0 fully saturated rings. The first-order chi connectivity index (χ1) is 26.7. The van der Waals surface area contributed by atoms with Gasteiger partial charge in [-0.3, -0.25) is 0 Å². The highest BCUT2D eigenvalue weighted by Gasteiger charge is 2.40. The van der Waals surface area contributed by atoms with Crippen LogP contribution >= 0.6 is 0 Å². The van der Waals surface area contributed by atoms with Crippen LogP contribution in [0.3, 0.4) is 0 Å². The Hall–Kier alpha value is -8.18. The molecule has 0 aliphatic heterocycles. The second-order valence-electron chi connectivity index (χ2n) is 11.5. The highest BCUT2D eigenvalue weighted by molar-refractivity contribution is 6.12. The molecule has 2 aliphatic rings. The normalized spacial score (nSPS) is 14.7. The number of hydrogen-bond acceptors (Lipinski definition) is 6. The van der Waals surface area contributed by atoms with Gasteiger partial charge in [0.25, 0.3) is 0 Å². The van der Waals surface area contributed by atoms with Crippen molar-refractivity contribution in [2.24, 2.45) is 0 Å². The largest absolute Gasteiger partial charge is 0.207 e. The van der Waals surface area contributed by atoms with Gasteiger partial charge < -0.3 is 0 Å². The average molecular weight is 763 g/mol. The number of benzene rings is 4. The monoisotopic (exact) mass is 762 g/mol. The van der Waals surface area contributed by atoms with Crippen LogP contribution in [0.5, 0.6) is 0 Å². The Morgan fingerprint density at radius 3 is 1.00 bits per heavy atom. The minimum Gasteiger partial charge on any atom is -0.207 e. The standard InChI is InChI=1S/C40H8F10N6/c41-17-1-3-19(15(5-17)9-51)21-7-23-24(29(21)25(11-53)31-37(47)33(43)27(13-55)34(44)38(31)48)8-22(20-4-2-18(42)6-16(20)10-52)30(23)26(12-54)32-39(49)35(45)28(14-56)36(46)40(32)50/h1-8H/b29-25-,30-26-. The van der Waals surface area contributed by atoms with Crippen LogP contribution in [0.2, 0.25) is 0 Å². The molecule has 0 unspecified atom stereocenters. The number of rotatable bonds is 4. The van der Waals surface area contributed by atoms with Gasteiger partial charge in [-0.1, -0.05) is 12.1 Å². The zero-order valence-corrected chi connectivity index (χ0v) is 27.1. The minimum absolute atomic E-state index is 0.346. The van der Waals surface area contributed by atoms with Crippen molar-refractivity contribution in [3.8, 4) is 36.4 Å². The summed E-state index contributed by atoms with van der Waals surface area (Å²) in [6.45, 7) is 0. The molecule has 0 saturated heterocycles. The maximum Gasteiger partial charge on any atom is 0.180 e. The summed E-state index contributed by atoms with van der Waals surface area (Å²) in [5, 5.41) is 58.9. The lowest BCUT2D eigenvalue weighted by Gasteiger charge is -2.17. The topological polar surface area (TPSA) is 143 Å². The summed E-state index contributed by atoms with van der Waals surface area (Å²) in [7, 11) is 0. The smallest absolute Gasteiger partial charge is 0.180 e. The summed E-state index contributed by atoms with van der Waals surface area (Å²) >= 11 is 0. The Bertz CT molecular complexity index is 2720. The Labute approximate surface area is 307 Å². The van der Waals surface area contributed by atoms with Crippen molar-refractivity contribution >= 4 is 22.3 Å². The number of allylic oxidation sites excluding steroid dienone is 10. The number of hydrogen-bond donors (Lipinski definition) is 0. The van der Waals surface area contributed by atoms with Gasteiger partial charge in [-0.25, -0.2) is 43.9 Å². The summed E-state index contributed by atoms with van der Waals surface area (Å²) < 4.78 is 151. The highest BCUT2D eigenvalue weighted by Crippen LogP contribution is 2.54. The molecular weight excluding hydrogens is 754 g/mol. The van der Waals surface area contributed by atoms with Gasteiger partial charge in [-0.15, -0.1) is 0 Å². The molecule has 0 N–H and O–H groups in total. The predicted molar refractivity (Wildman–Crippen MR) is 172 cm³/mol. The van der Waals surface area contributed by atoms with Crippen LogP contribution in [0.4, 0.5) is 43.9 Å². The lowest BCUT2D eigenvalue weighted by atomic mass is 9.85. The number of nitriles is 6. The Morgan fingerprint density at radius 1 is 0.411 bits per heavy atom. The molecule has 4 aromatic rings. The van der Waals surface area contributed by atoms with Gasteiger partial charge >= 0.3 is 0 Å². The molecule has 0 aromatic heterocycles. The van der Waals surface area contributed by atoms with Crippen molar-refractivity contribution in [1.82, 2.24) is 0 Å². The molecule has 0 radical (unpaired) electrons. The first kappa shape index (κ1) is 37.6. The van der Waals surface area contributed by atoms with E-state index < -0.39 is 136 Å². The molecule has 0 heterocycles. The molecule has 6 rings (SSSR count). The summed E-state index contributed by atoms with van der Waals surface area (Å²) in [4.78, 5) is 0. The van der Waals surface area contributed by atoms with Crippen molar-refractivity contribution in [1.29, 1.82) is 31.6 Å². The van der Waals surface area contributed by atoms with E-state index in [-0.39, 0.29) is 11.1 Å². The molecular formula is C40H8F10N6. The van der Waals surface area contributed by atoms with Crippen molar-refractivity contribution in [2.75, 3.05) is 0 Å². The van der Waals surface area contributed by atoms with E-state index in [2.05, 4.69) is 0 Å². The van der Waals surface area contributed by atoms with Crippen LogP contribution in [0.1, 0.15) is 44.5 Å². The zero-order chi connectivity index (χ0) is 40.9. The average Bonchev–Trinajstić information content (AvgIpc) is 3.73. The van der Waals surface area contributed by atoms with Gasteiger partial charge in [0.15, 0.2) is 46.5 Å². The van der Waals surface area contributed by atoms with Gasteiger partial charge in [0.1, 0.15) is 47.0 Å². The molecule has 56 heavy (non-hydrogen) atoms. The third-order valence-electron chi connectivity index (χ3n) is 8.70. The van der Waals surface area contributed by atoms with E-state index in [1.54, 1.807) is 12.1 Å². The van der Waals surface area contributed by atoms with E-state index in [4.69, 9.17) is 10.5 Å². The summed E-state index contributed by atoms with van der Waals surface area (Å²) in [5.74, 6) is -19.9. The second-order valence-corrected chi connectivity index (χ2v) is 11.5. The van der Waals surface area contributed by atoms with Gasteiger partial charge in [-0.2, -0.15) is 31.6 Å². The lowest BCUT2D eigenvalue weighted by molar-refractivity contribution is 0.447. The van der Waals surface area contributed by atoms with Gasteiger partial charge in [-0.05, 0) is 58.7 Å². The zero-order valence-electron chi connectivity index (χ0n) is 27.1. The molecule has 268 valence electrons. The maximum atomic E-state index is 15.7. The van der Waals surface area contributed by atoms with Crippen molar-refractivity contribution < 1.29 is 43.9 Å². The SMILES string of the molecule is N#C/C(=C1\C(c2ccc(F)cc2C#N)=CC2=C1C=C(c1ccc(F)cc1C#N)/C2=C(\C#N)c1c(F)c(F)c(C#N)c(F)c1F)c1c(F)c(F)c(C#N)c(F)c1F. The van der Waals surface area contributed by atoms with E-state index in [0.717, 1.165) is 48.6 Å². The summed E-state index contributed by atoms with van der Waals surface area (Å²) in [5.41, 5.74) is -14.6. The predicted octanol–water partition coefficient (Wildman–Crippen LogP) is 9.31. The maximum absolute atomic E-state index is 15.7. The van der Waals surface area contributed by atoms with E-state index in [1.165, 1.54) is 12.1 Å². The fourth-order valence-corrected chi connectivity index (χ4v) is 6.32. The fraction of sp³-hybridized carbons (Fsp3) is 0. The Kier molecular flexibility index (Phi) is 9.39. The van der Waals surface area contributed by atoms with E-state index in [0.29, 0.717) is 12.1 Å². The summed E-state index contributed by atoms with van der Waals surface area (Å²) in [6, 6.07) is 12.8. The van der Waals surface area contributed by atoms with Crippen LogP contribution in [0.15, 0.2) is 70.8 Å². The summed E-state index contributed by atoms with van der Waals surface area (Å²) in [6.07, 6.45) is 1.83. The molecule has 16 heteroatoms. The molecule has 4 aromatic carbocycles. The molecule has 0 saturated carbocycles. The van der Waals surface area contributed by atoms with Crippen LogP contribution in [0, 0.1) is 126 Å². The molecule has 2 aliphatic carbocycles. The molecule has 0 amide bonds. The third-order valence-corrected chi connectivity index (χ3v) is 8.70. The molecule has 0 atom stereocenters. The van der Waals surface area contributed by atoms with E-state index >= 15 is 35.1 Å². The minimum atomic E-state index is -2.26.